The second-order valence-electron chi connectivity index (χ2n) is 3.92. The van der Waals surface area contributed by atoms with Crippen LogP contribution in [0.15, 0.2) is 24.3 Å². The quantitative estimate of drug-likeness (QED) is 0.645. The van der Waals surface area contributed by atoms with E-state index in [4.69, 9.17) is 16.3 Å². The van der Waals surface area contributed by atoms with Crippen molar-refractivity contribution < 1.29 is 9.66 Å². The van der Waals surface area contributed by atoms with Crippen molar-refractivity contribution in [3.8, 4) is 6.01 Å². The number of rotatable bonds is 6. The number of ether oxygens (including phenoxy) is 1. The predicted molar refractivity (Wildman–Crippen MR) is 76.4 cm³/mol. The fraction of sp³-hybridized carbons (Fsp3) is 0.250. The van der Waals surface area contributed by atoms with Crippen LogP contribution < -0.4 is 10.1 Å². The molecule has 1 aromatic heterocycles. The van der Waals surface area contributed by atoms with Crippen molar-refractivity contribution in [1.82, 2.24) is 15.0 Å². The standard InChI is InChI=1S/C12H12ClN5O3/c1-2-21-12-16-10(13)15-11(17-12)14-7-8-4-3-5-9(6-8)18(19)20/h3-6H,2,7H2,1H3,(H,14,15,16,17). The Kier molecular flexibility index (Phi) is 4.83. The number of anilines is 1. The summed E-state index contributed by atoms with van der Waals surface area (Å²) in [5.74, 6) is 0.241. The van der Waals surface area contributed by atoms with Gasteiger partial charge in [-0.1, -0.05) is 12.1 Å². The molecular weight excluding hydrogens is 298 g/mol. The molecule has 1 heterocycles. The number of hydrogen-bond donors (Lipinski definition) is 1. The summed E-state index contributed by atoms with van der Waals surface area (Å²) in [5.41, 5.74) is 0.747. The highest BCUT2D eigenvalue weighted by Gasteiger charge is 2.08. The molecule has 0 fully saturated rings. The van der Waals surface area contributed by atoms with E-state index in [9.17, 15) is 10.1 Å². The predicted octanol–water partition coefficient (Wildman–Crippen LogP) is 2.44. The Morgan fingerprint density at radius 3 is 2.90 bits per heavy atom. The Balaban J connectivity index is 2.09. The summed E-state index contributed by atoms with van der Waals surface area (Å²) in [6.07, 6.45) is 0. The highest BCUT2D eigenvalue weighted by atomic mass is 35.5. The van der Waals surface area contributed by atoms with E-state index < -0.39 is 4.92 Å². The van der Waals surface area contributed by atoms with Crippen LogP contribution in [0.5, 0.6) is 6.01 Å². The van der Waals surface area contributed by atoms with E-state index in [1.54, 1.807) is 19.1 Å². The molecule has 8 nitrogen and oxygen atoms in total. The smallest absolute Gasteiger partial charge is 0.322 e. The van der Waals surface area contributed by atoms with E-state index >= 15 is 0 Å². The Labute approximate surface area is 125 Å². The first-order valence-electron chi connectivity index (χ1n) is 6.10. The minimum absolute atomic E-state index is 0.00925. The Hall–Kier alpha value is -2.48. The molecule has 0 radical (unpaired) electrons. The van der Waals surface area contributed by atoms with Crippen molar-refractivity contribution in [1.29, 1.82) is 0 Å². The summed E-state index contributed by atoms with van der Waals surface area (Å²) in [6.45, 7) is 2.52. The molecule has 0 saturated carbocycles. The third-order valence-electron chi connectivity index (χ3n) is 2.43. The zero-order valence-corrected chi connectivity index (χ0v) is 11.9. The van der Waals surface area contributed by atoms with Crippen LogP contribution in [0.1, 0.15) is 12.5 Å². The highest BCUT2D eigenvalue weighted by Crippen LogP contribution is 2.15. The first-order valence-corrected chi connectivity index (χ1v) is 6.48. The van der Waals surface area contributed by atoms with Gasteiger partial charge in [0.05, 0.1) is 11.5 Å². The lowest BCUT2D eigenvalue weighted by atomic mass is 10.2. The maximum Gasteiger partial charge on any atom is 0.322 e. The van der Waals surface area contributed by atoms with Gasteiger partial charge in [0.25, 0.3) is 5.69 Å². The Bertz CT molecular complexity index is 653. The van der Waals surface area contributed by atoms with E-state index in [0.717, 1.165) is 5.56 Å². The van der Waals surface area contributed by atoms with Crippen LogP contribution in [-0.4, -0.2) is 26.5 Å². The SMILES string of the molecule is CCOc1nc(Cl)nc(NCc2cccc([N+](=O)[O-])c2)n1. The molecule has 9 heteroatoms. The van der Waals surface area contributed by atoms with Crippen molar-refractivity contribution in [2.24, 2.45) is 0 Å². The molecule has 2 rings (SSSR count). The molecule has 0 bridgehead atoms. The summed E-state index contributed by atoms with van der Waals surface area (Å²) in [7, 11) is 0. The van der Waals surface area contributed by atoms with Crippen LogP contribution in [0.3, 0.4) is 0 Å². The van der Waals surface area contributed by atoms with Gasteiger partial charge in [0.15, 0.2) is 0 Å². The average molecular weight is 310 g/mol. The topological polar surface area (TPSA) is 103 Å². The van der Waals surface area contributed by atoms with E-state index in [0.29, 0.717) is 13.2 Å². The maximum absolute atomic E-state index is 10.7. The van der Waals surface area contributed by atoms with E-state index in [2.05, 4.69) is 20.3 Å². The molecular formula is C12H12ClN5O3. The van der Waals surface area contributed by atoms with Gasteiger partial charge in [-0.15, -0.1) is 0 Å². The first kappa shape index (κ1) is 14.9. The Morgan fingerprint density at radius 2 is 2.19 bits per heavy atom. The molecule has 0 aliphatic rings. The molecule has 0 unspecified atom stereocenters. The number of nitro groups is 1. The normalized spacial score (nSPS) is 10.2. The summed E-state index contributed by atoms with van der Waals surface area (Å²) in [6, 6.07) is 6.39. The van der Waals surface area contributed by atoms with Crippen LogP contribution in [0.25, 0.3) is 0 Å². The monoisotopic (exact) mass is 309 g/mol. The van der Waals surface area contributed by atoms with Crippen LogP contribution in [0.4, 0.5) is 11.6 Å². The summed E-state index contributed by atoms with van der Waals surface area (Å²) in [4.78, 5) is 22.0. The summed E-state index contributed by atoms with van der Waals surface area (Å²) >= 11 is 5.76. The van der Waals surface area contributed by atoms with Gasteiger partial charge < -0.3 is 10.1 Å². The number of benzene rings is 1. The van der Waals surface area contributed by atoms with Gasteiger partial charge in [-0.05, 0) is 24.1 Å². The average Bonchev–Trinajstić information content (AvgIpc) is 2.45. The lowest BCUT2D eigenvalue weighted by Crippen LogP contribution is -2.07. The number of non-ortho nitro benzene ring substituents is 1. The van der Waals surface area contributed by atoms with Gasteiger partial charge in [0, 0.05) is 18.7 Å². The number of halogens is 1. The molecule has 1 aromatic carbocycles. The molecule has 0 aliphatic heterocycles. The second-order valence-corrected chi connectivity index (χ2v) is 4.26. The van der Waals surface area contributed by atoms with Gasteiger partial charge in [-0.25, -0.2) is 0 Å². The molecule has 0 amide bonds. The molecule has 0 atom stereocenters. The molecule has 0 spiro atoms. The van der Waals surface area contributed by atoms with Crippen molar-refractivity contribution in [3.63, 3.8) is 0 Å². The van der Waals surface area contributed by atoms with Crippen molar-refractivity contribution >= 4 is 23.2 Å². The third-order valence-corrected chi connectivity index (χ3v) is 2.60. The van der Waals surface area contributed by atoms with Crippen LogP contribution in [-0.2, 0) is 6.54 Å². The van der Waals surface area contributed by atoms with E-state index in [-0.39, 0.29) is 22.9 Å². The summed E-state index contributed by atoms with van der Waals surface area (Å²) < 4.78 is 5.15. The van der Waals surface area contributed by atoms with Crippen molar-refractivity contribution in [2.45, 2.75) is 13.5 Å². The van der Waals surface area contributed by atoms with E-state index in [1.807, 2.05) is 0 Å². The van der Waals surface area contributed by atoms with Crippen LogP contribution in [0, 0.1) is 10.1 Å². The maximum atomic E-state index is 10.7. The fourth-order valence-electron chi connectivity index (χ4n) is 1.57. The molecule has 0 saturated heterocycles. The van der Waals surface area contributed by atoms with Gasteiger partial charge in [-0.2, -0.15) is 15.0 Å². The lowest BCUT2D eigenvalue weighted by molar-refractivity contribution is -0.384. The van der Waals surface area contributed by atoms with Crippen LogP contribution >= 0.6 is 11.6 Å². The summed E-state index contributed by atoms with van der Waals surface area (Å²) in [5, 5.41) is 13.6. The van der Waals surface area contributed by atoms with E-state index in [1.165, 1.54) is 12.1 Å². The highest BCUT2D eigenvalue weighted by molar-refractivity contribution is 6.28. The Morgan fingerprint density at radius 1 is 1.38 bits per heavy atom. The largest absolute Gasteiger partial charge is 0.464 e. The van der Waals surface area contributed by atoms with Crippen molar-refractivity contribution in [2.75, 3.05) is 11.9 Å². The number of nitrogens with one attached hydrogen (secondary N) is 1. The van der Waals surface area contributed by atoms with Gasteiger partial charge >= 0.3 is 6.01 Å². The lowest BCUT2D eigenvalue weighted by Gasteiger charge is -2.07. The van der Waals surface area contributed by atoms with Gasteiger partial charge in [0.2, 0.25) is 11.2 Å². The van der Waals surface area contributed by atoms with Crippen LogP contribution in [0.2, 0.25) is 5.28 Å². The van der Waals surface area contributed by atoms with Crippen molar-refractivity contribution in [3.05, 3.63) is 45.2 Å². The third kappa shape index (κ3) is 4.25. The zero-order valence-electron chi connectivity index (χ0n) is 11.1. The first-order chi connectivity index (χ1) is 10.1. The number of aromatic nitrogens is 3. The number of nitro benzene ring substituents is 1. The number of nitrogens with zero attached hydrogens (tertiary/aromatic N) is 4. The molecule has 110 valence electrons. The van der Waals surface area contributed by atoms with Gasteiger partial charge in [0.1, 0.15) is 0 Å². The molecule has 1 N–H and O–H groups in total. The fourth-order valence-corrected chi connectivity index (χ4v) is 1.72. The van der Waals surface area contributed by atoms with Gasteiger partial charge in [-0.3, -0.25) is 10.1 Å². The minimum Gasteiger partial charge on any atom is -0.464 e. The molecule has 2 aromatic rings. The molecule has 21 heavy (non-hydrogen) atoms. The zero-order chi connectivity index (χ0) is 15.2. The molecule has 0 aliphatic carbocycles. The second kappa shape index (κ2) is 6.80. The minimum atomic E-state index is -0.448. The number of hydrogen-bond acceptors (Lipinski definition) is 7.